The average Bonchev–Trinajstić information content (AvgIpc) is 2.62. The van der Waals surface area contributed by atoms with E-state index in [1.807, 2.05) is 11.8 Å². The summed E-state index contributed by atoms with van der Waals surface area (Å²) >= 11 is 1.86. The van der Waals surface area contributed by atoms with E-state index in [1.54, 1.807) is 0 Å². The minimum absolute atomic E-state index is 0.00204. The van der Waals surface area contributed by atoms with E-state index < -0.39 is 0 Å². The fraction of sp³-hybridized carbons (Fsp3) is 0.900. The van der Waals surface area contributed by atoms with Crippen molar-refractivity contribution < 1.29 is 4.79 Å². The molecule has 0 heterocycles. The Morgan fingerprint density at radius 2 is 2.29 bits per heavy atom. The molecule has 0 aromatic heterocycles. The van der Waals surface area contributed by atoms with Gasteiger partial charge in [-0.2, -0.15) is 11.8 Å². The first-order chi connectivity index (χ1) is 6.77. The molecule has 1 rings (SSSR count). The fourth-order valence-electron chi connectivity index (χ4n) is 1.83. The number of hydrogen-bond acceptors (Lipinski definition) is 2. The Morgan fingerprint density at radius 3 is 2.93 bits per heavy atom. The molecule has 1 saturated carbocycles. The Bertz CT molecular complexity index is 187. The summed E-state index contributed by atoms with van der Waals surface area (Å²) in [6.07, 6.45) is 6.72. The van der Waals surface area contributed by atoms with Gasteiger partial charge in [-0.15, -0.1) is 0 Å². The molecule has 0 bridgehead atoms. The van der Waals surface area contributed by atoms with Gasteiger partial charge >= 0.3 is 6.03 Å². The van der Waals surface area contributed by atoms with Gasteiger partial charge in [0.1, 0.15) is 0 Å². The van der Waals surface area contributed by atoms with Crippen LogP contribution in [0.5, 0.6) is 0 Å². The standard InChI is InChI=1S/C10H20N2OS/c1-3-7-11-10(13)12-8-5-4-6-9(8)14-2/h8-9H,3-7H2,1-2H3,(H2,11,12,13). The average molecular weight is 216 g/mol. The van der Waals surface area contributed by atoms with Crippen LogP contribution < -0.4 is 10.6 Å². The van der Waals surface area contributed by atoms with Gasteiger partial charge in [0.05, 0.1) is 0 Å². The maximum atomic E-state index is 11.4. The van der Waals surface area contributed by atoms with Gasteiger partial charge < -0.3 is 10.6 Å². The SMILES string of the molecule is CCCNC(=O)NC1CCCC1SC. The number of carbonyl (C=O) groups is 1. The first-order valence-corrected chi connectivity index (χ1v) is 6.64. The van der Waals surface area contributed by atoms with Crippen molar-refractivity contribution >= 4 is 17.8 Å². The van der Waals surface area contributed by atoms with Crippen molar-refractivity contribution in [3.63, 3.8) is 0 Å². The van der Waals surface area contributed by atoms with E-state index in [2.05, 4.69) is 23.8 Å². The molecule has 14 heavy (non-hydrogen) atoms. The second-order valence-corrected chi connectivity index (χ2v) is 4.79. The van der Waals surface area contributed by atoms with Crippen molar-refractivity contribution in [3.8, 4) is 0 Å². The number of rotatable bonds is 4. The molecule has 0 spiro atoms. The molecule has 0 saturated heterocycles. The van der Waals surface area contributed by atoms with Crippen LogP contribution in [0.4, 0.5) is 4.79 Å². The van der Waals surface area contributed by atoms with Crippen LogP contribution in [0.15, 0.2) is 0 Å². The van der Waals surface area contributed by atoms with Crippen LogP contribution in [-0.4, -0.2) is 30.1 Å². The lowest BCUT2D eigenvalue weighted by Gasteiger charge is -2.19. The molecule has 0 radical (unpaired) electrons. The van der Waals surface area contributed by atoms with Crippen LogP contribution in [0.1, 0.15) is 32.6 Å². The molecule has 2 unspecified atom stereocenters. The van der Waals surface area contributed by atoms with Crippen molar-refractivity contribution in [2.75, 3.05) is 12.8 Å². The van der Waals surface area contributed by atoms with Gasteiger partial charge in [0.15, 0.2) is 0 Å². The normalized spacial score (nSPS) is 26.1. The Hall–Kier alpha value is -0.380. The summed E-state index contributed by atoms with van der Waals surface area (Å²) in [4.78, 5) is 11.4. The topological polar surface area (TPSA) is 41.1 Å². The summed E-state index contributed by atoms with van der Waals surface area (Å²) in [5.41, 5.74) is 0. The van der Waals surface area contributed by atoms with Crippen LogP contribution in [0.25, 0.3) is 0 Å². The largest absolute Gasteiger partial charge is 0.338 e. The molecule has 0 aliphatic heterocycles. The molecular formula is C10H20N2OS. The third-order valence-electron chi connectivity index (χ3n) is 2.61. The van der Waals surface area contributed by atoms with Gasteiger partial charge in [0.2, 0.25) is 0 Å². The highest BCUT2D eigenvalue weighted by Gasteiger charge is 2.27. The van der Waals surface area contributed by atoms with Crippen LogP contribution in [-0.2, 0) is 0 Å². The molecule has 2 amide bonds. The first-order valence-electron chi connectivity index (χ1n) is 5.35. The summed E-state index contributed by atoms with van der Waals surface area (Å²) in [5.74, 6) is 0. The maximum absolute atomic E-state index is 11.4. The van der Waals surface area contributed by atoms with Gasteiger partial charge in [-0.25, -0.2) is 4.79 Å². The summed E-state index contributed by atoms with van der Waals surface area (Å²) in [6.45, 7) is 2.82. The monoisotopic (exact) mass is 216 g/mol. The van der Waals surface area contributed by atoms with E-state index >= 15 is 0 Å². The summed E-state index contributed by atoms with van der Waals surface area (Å²) in [5, 5.41) is 6.50. The molecule has 1 fully saturated rings. The predicted molar refractivity (Wildman–Crippen MR) is 61.8 cm³/mol. The Balaban J connectivity index is 2.25. The second kappa shape index (κ2) is 6.17. The number of urea groups is 1. The van der Waals surface area contributed by atoms with Gasteiger partial charge in [-0.05, 0) is 25.5 Å². The molecule has 4 heteroatoms. The summed E-state index contributed by atoms with van der Waals surface area (Å²) in [6, 6.07) is 0.375. The molecule has 0 aromatic rings. The lowest BCUT2D eigenvalue weighted by molar-refractivity contribution is 0.237. The highest BCUT2D eigenvalue weighted by atomic mass is 32.2. The van der Waals surface area contributed by atoms with Crippen LogP contribution in [0, 0.1) is 0 Å². The first kappa shape index (κ1) is 11.7. The number of hydrogen-bond donors (Lipinski definition) is 2. The molecule has 2 N–H and O–H groups in total. The van der Waals surface area contributed by atoms with Crippen molar-refractivity contribution in [1.82, 2.24) is 10.6 Å². The third-order valence-corrected chi connectivity index (χ3v) is 3.78. The molecule has 1 aliphatic carbocycles. The van der Waals surface area contributed by atoms with Crippen molar-refractivity contribution in [2.24, 2.45) is 0 Å². The Labute approximate surface area is 90.4 Å². The van der Waals surface area contributed by atoms with Crippen molar-refractivity contribution in [3.05, 3.63) is 0 Å². The van der Waals surface area contributed by atoms with Gasteiger partial charge in [0.25, 0.3) is 0 Å². The zero-order valence-corrected chi connectivity index (χ0v) is 9.82. The Kier molecular flexibility index (Phi) is 5.15. The smallest absolute Gasteiger partial charge is 0.315 e. The predicted octanol–water partition coefficient (Wildman–Crippen LogP) is 1.98. The van der Waals surface area contributed by atoms with E-state index in [0.717, 1.165) is 19.4 Å². The highest BCUT2D eigenvalue weighted by Crippen LogP contribution is 2.28. The molecule has 1 aliphatic rings. The van der Waals surface area contributed by atoms with Crippen LogP contribution in [0.3, 0.4) is 0 Å². The lowest BCUT2D eigenvalue weighted by atomic mass is 10.2. The molecule has 0 aromatic carbocycles. The van der Waals surface area contributed by atoms with E-state index in [-0.39, 0.29) is 6.03 Å². The van der Waals surface area contributed by atoms with E-state index in [4.69, 9.17) is 0 Å². The third kappa shape index (κ3) is 3.40. The number of thioether (sulfide) groups is 1. The van der Waals surface area contributed by atoms with Crippen LogP contribution >= 0.6 is 11.8 Å². The summed E-state index contributed by atoms with van der Waals surface area (Å²) < 4.78 is 0. The van der Waals surface area contributed by atoms with Crippen LogP contribution in [0.2, 0.25) is 0 Å². The van der Waals surface area contributed by atoms with Crippen molar-refractivity contribution in [2.45, 2.75) is 43.9 Å². The minimum Gasteiger partial charge on any atom is -0.338 e. The number of carbonyl (C=O) groups excluding carboxylic acids is 1. The lowest BCUT2D eigenvalue weighted by Crippen LogP contribution is -2.44. The second-order valence-electron chi connectivity index (χ2n) is 3.71. The zero-order valence-electron chi connectivity index (χ0n) is 9.01. The minimum atomic E-state index is -0.00204. The molecule has 2 atom stereocenters. The van der Waals surface area contributed by atoms with Gasteiger partial charge in [0, 0.05) is 17.8 Å². The Morgan fingerprint density at radius 1 is 1.50 bits per heavy atom. The molecule has 3 nitrogen and oxygen atoms in total. The van der Waals surface area contributed by atoms with Gasteiger partial charge in [-0.1, -0.05) is 13.3 Å². The number of amides is 2. The van der Waals surface area contributed by atoms with Gasteiger partial charge in [-0.3, -0.25) is 0 Å². The van der Waals surface area contributed by atoms with E-state index in [1.165, 1.54) is 12.8 Å². The number of nitrogens with one attached hydrogen (secondary N) is 2. The highest BCUT2D eigenvalue weighted by molar-refractivity contribution is 7.99. The zero-order chi connectivity index (χ0) is 10.4. The van der Waals surface area contributed by atoms with E-state index in [9.17, 15) is 4.79 Å². The molecule has 82 valence electrons. The summed E-state index contributed by atoms with van der Waals surface area (Å²) in [7, 11) is 0. The maximum Gasteiger partial charge on any atom is 0.315 e. The van der Waals surface area contributed by atoms with E-state index in [0.29, 0.717) is 11.3 Å². The fourth-order valence-corrected chi connectivity index (χ4v) is 2.77. The van der Waals surface area contributed by atoms with Crippen molar-refractivity contribution in [1.29, 1.82) is 0 Å². The quantitative estimate of drug-likeness (QED) is 0.754. The molecular weight excluding hydrogens is 196 g/mol.